The Hall–Kier alpha value is -1.78. The van der Waals surface area contributed by atoms with E-state index in [4.69, 9.17) is 5.11 Å². The van der Waals surface area contributed by atoms with E-state index in [-0.39, 0.29) is 6.42 Å². The highest BCUT2D eigenvalue weighted by Crippen LogP contribution is 2.13. The average Bonchev–Trinajstić information content (AvgIpc) is 2.66. The van der Waals surface area contributed by atoms with Gasteiger partial charge in [-0.05, 0) is 13.3 Å². The van der Waals surface area contributed by atoms with E-state index in [0.717, 1.165) is 16.9 Å². The minimum absolute atomic E-state index is 0.143. The van der Waals surface area contributed by atoms with Gasteiger partial charge >= 0.3 is 5.97 Å². The second kappa shape index (κ2) is 3.17. The van der Waals surface area contributed by atoms with E-state index < -0.39 is 5.97 Å². The third-order valence-corrected chi connectivity index (χ3v) is 2.27. The number of fused-ring (bicyclic) bond motifs is 1. The summed E-state index contributed by atoms with van der Waals surface area (Å²) in [6.45, 7) is 1.94. The van der Waals surface area contributed by atoms with Crippen molar-refractivity contribution in [1.82, 2.24) is 14.6 Å². The van der Waals surface area contributed by atoms with Crippen LogP contribution in [0.3, 0.4) is 0 Å². The fraction of sp³-hybridized carbons (Fsp3) is 0.333. The lowest BCUT2D eigenvalue weighted by Gasteiger charge is -1.94. The van der Waals surface area contributed by atoms with E-state index in [2.05, 4.69) is 10.1 Å². The van der Waals surface area contributed by atoms with E-state index in [0.29, 0.717) is 6.42 Å². The standard InChI is InChI=1S/C9H11N3O2/c1-6-7(2-3-8(13)14)11-12-5-4-10-9(6)12/h4-5,11H,2-3H2,1H3,(H,13,14). The van der Waals surface area contributed by atoms with Gasteiger partial charge in [-0.2, -0.15) is 0 Å². The van der Waals surface area contributed by atoms with Gasteiger partial charge in [0.2, 0.25) is 0 Å². The van der Waals surface area contributed by atoms with Crippen LogP contribution in [-0.2, 0) is 11.2 Å². The Morgan fingerprint density at radius 2 is 2.50 bits per heavy atom. The summed E-state index contributed by atoms with van der Waals surface area (Å²) in [4.78, 5) is 14.6. The Morgan fingerprint density at radius 1 is 1.71 bits per heavy atom. The molecule has 2 aromatic rings. The van der Waals surface area contributed by atoms with Gasteiger partial charge in [0.25, 0.3) is 0 Å². The number of aromatic nitrogens is 3. The van der Waals surface area contributed by atoms with Gasteiger partial charge in [-0.25, -0.2) is 9.50 Å². The zero-order valence-electron chi connectivity index (χ0n) is 7.82. The van der Waals surface area contributed by atoms with Gasteiger partial charge < -0.3 is 5.11 Å². The van der Waals surface area contributed by atoms with Crippen LogP contribution in [0.5, 0.6) is 0 Å². The van der Waals surface area contributed by atoms with Crippen LogP contribution in [0.25, 0.3) is 5.65 Å². The number of carbonyl (C=O) groups is 1. The minimum Gasteiger partial charge on any atom is -0.481 e. The first-order chi connectivity index (χ1) is 6.68. The van der Waals surface area contributed by atoms with Crippen molar-refractivity contribution in [1.29, 1.82) is 0 Å². The van der Waals surface area contributed by atoms with Crippen LogP contribution >= 0.6 is 0 Å². The molecule has 0 spiro atoms. The number of carboxylic acids is 1. The zero-order valence-corrected chi connectivity index (χ0v) is 7.82. The molecule has 0 radical (unpaired) electrons. The number of imidazole rings is 1. The summed E-state index contributed by atoms with van der Waals surface area (Å²) in [6.07, 6.45) is 4.18. The molecule has 0 unspecified atom stereocenters. The Balaban J connectivity index is 2.28. The molecule has 0 atom stereocenters. The van der Waals surface area contributed by atoms with Crippen molar-refractivity contribution in [2.45, 2.75) is 19.8 Å². The van der Waals surface area contributed by atoms with Crippen LogP contribution in [0.4, 0.5) is 0 Å². The molecule has 2 rings (SSSR count). The van der Waals surface area contributed by atoms with Gasteiger partial charge in [-0.15, -0.1) is 0 Å². The summed E-state index contributed by atoms with van der Waals surface area (Å²) >= 11 is 0. The highest BCUT2D eigenvalue weighted by atomic mass is 16.4. The molecule has 0 fully saturated rings. The Labute approximate surface area is 80.4 Å². The average molecular weight is 193 g/mol. The van der Waals surface area contributed by atoms with Gasteiger partial charge in [-0.3, -0.25) is 9.89 Å². The van der Waals surface area contributed by atoms with Crippen LogP contribution in [0, 0.1) is 6.92 Å². The SMILES string of the molecule is Cc1c(CCC(=O)O)[nH]n2ccnc12. The normalized spacial score (nSPS) is 10.9. The van der Waals surface area contributed by atoms with Gasteiger partial charge in [0.1, 0.15) is 0 Å². The highest BCUT2D eigenvalue weighted by molar-refractivity contribution is 5.67. The van der Waals surface area contributed by atoms with E-state index in [1.165, 1.54) is 0 Å². The summed E-state index contributed by atoms with van der Waals surface area (Å²) in [5.41, 5.74) is 2.83. The second-order valence-corrected chi connectivity index (χ2v) is 3.23. The number of H-pyrrole nitrogens is 1. The molecule has 0 aromatic carbocycles. The number of rotatable bonds is 3. The Morgan fingerprint density at radius 3 is 3.14 bits per heavy atom. The maximum absolute atomic E-state index is 10.4. The first-order valence-electron chi connectivity index (χ1n) is 4.41. The summed E-state index contributed by atoms with van der Waals surface area (Å²) in [6, 6.07) is 0. The first-order valence-corrected chi connectivity index (χ1v) is 4.41. The number of nitrogens with one attached hydrogen (secondary N) is 1. The van der Waals surface area contributed by atoms with Gasteiger partial charge in [0.05, 0.1) is 6.42 Å². The molecule has 5 nitrogen and oxygen atoms in total. The second-order valence-electron chi connectivity index (χ2n) is 3.23. The van der Waals surface area contributed by atoms with Gasteiger partial charge in [0.15, 0.2) is 5.65 Å². The van der Waals surface area contributed by atoms with E-state index >= 15 is 0 Å². The number of nitrogens with zero attached hydrogens (tertiary/aromatic N) is 2. The highest BCUT2D eigenvalue weighted by Gasteiger charge is 2.09. The minimum atomic E-state index is -0.781. The predicted octanol–water partition coefficient (Wildman–Crippen LogP) is 0.988. The van der Waals surface area contributed by atoms with E-state index in [1.54, 1.807) is 10.7 Å². The Bertz CT molecular complexity index is 469. The van der Waals surface area contributed by atoms with Crippen molar-refractivity contribution in [2.75, 3.05) is 0 Å². The number of aromatic amines is 1. The summed E-state index contributed by atoms with van der Waals surface area (Å²) in [5, 5.41) is 11.6. The lowest BCUT2D eigenvalue weighted by Crippen LogP contribution is -1.99. The van der Waals surface area contributed by atoms with Gasteiger partial charge in [-0.1, -0.05) is 0 Å². The predicted molar refractivity (Wildman–Crippen MR) is 50.2 cm³/mol. The van der Waals surface area contributed by atoms with Crippen molar-refractivity contribution in [3.63, 3.8) is 0 Å². The van der Waals surface area contributed by atoms with Crippen molar-refractivity contribution in [3.05, 3.63) is 23.7 Å². The van der Waals surface area contributed by atoms with Crippen molar-refractivity contribution in [3.8, 4) is 0 Å². The molecule has 5 heteroatoms. The molecule has 2 aromatic heterocycles. The van der Waals surface area contributed by atoms with E-state index in [1.807, 2.05) is 13.1 Å². The van der Waals surface area contributed by atoms with Crippen LogP contribution in [-0.4, -0.2) is 25.7 Å². The lowest BCUT2D eigenvalue weighted by atomic mass is 10.2. The summed E-state index contributed by atoms with van der Waals surface area (Å²) in [7, 11) is 0. The first kappa shape index (κ1) is 8.80. The molecular formula is C9H11N3O2. The smallest absolute Gasteiger partial charge is 0.303 e. The summed E-state index contributed by atoms with van der Waals surface area (Å²) in [5.74, 6) is -0.781. The van der Waals surface area contributed by atoms with E-state index in [9.17, 15) is 4.79 Å². The number of hydrogen-bond donors (Lipinski definition) is 2. The van der Waals surface area contributed by atoms with Crippen LogP contribution < -0.4 is 0 Å². The molecule has 14 heavy (non-hydrogen) atoms. The molecule has 2 N–H and O–H groups in total. The lowest BCUT2D eigenvalue weighted by molar-refractivity contribution is -0.136. The zero-order chi connectivity index (χ0) is 10.1. The Kier molecular flexibility index (Phi) is 1.99. The molecule has 0 aliphatic carbocycles. The fourth-order valence-electron chi connectivity index (χ4n) is 1.51. The number of aryl methyl sites for hydroxylation is 2. The molecule has 0 saturated heterocycles. The quantitative estimate of drug-likeness (QED) is 0.763. The fourth-order valence-corrected chi connectivity index (χ4v) is 1.51. The number of aliphatic carboxylic acids is 1. The third-order valence-electron chi connectivity index (χ3n) is 2.27. The summed E-state index contributed by atoms with van der Waals surface area (Å²) < 4.78 is 1.80. The third kappa shape index (κ3) is 1.37. The molecule has 0 aliphatic rings. The monoisotopic (exact) mass is 193 g/mol. The van der Waals surface area contributed by atoms with Crippen molar-refractivity contribution < 1.29 is 9.90 Å². The molecule has 0 bridgehead atoms. The molecule has 0 amide bonds. The number of carboxylic acid groups (broad SMARTS) is 1. The van der Waals surface area contributed by atoms with Gasteiger partial charge in [0, 0.05) is 23.7 Å². The largest absolute Gasteiger partial charge is 0.481 e. The molecule has 0 aliphatic heterocycles. The number of hydrogen-bond acceptors (Lipinski definition) is 2. The molecular weight excluding hydrogens is 182 g/mol. The van der Waals surface area contributed by atoms with Crippen molar-refractivity contribution >= 4 is 11.6 Å². The molecule has 74 valence electrons. The maximum Gasteiger partial charge on any atom is 0.303 e. The van der Waals surface area contributed by atoms with Crippen LogP contribution in [0.1, 0.15) is 17.7 Å². The maximum atomic E-state index is 10.4. The molecule has 0 saturated carbocycles. The van der Waals surface area contributed by atoms with Crippen LogP contribution in [0.15, 0.2) is 12.4 Å². The van der Waals surface area contributed by atoms with Crippen molar-refractivity contribution in [2.24, 2.45) is 0 Å². The van der Waals surface area contributed by atoms with Crippen LogP contribution in [0.2, 0.25) is 0 Å². The molecule has 2 heterocycles. The topological polar surface area (TPSA) is 70.4 Å².